The van der Waals surface area contributed by atoms with Crippen molar-refractivity contribution in [2.24, 2.45) is 0 Å². The van der Waals surface area contributed by atoms with Crippen LogP contribution in [0.2, 0.25) is 0 Å². The van der Waals surface area contributed by atoms with Crippen molar-refractivity contribution in [2.45, 2.75) is 20.0 Å². The molecule has 1 aromatic heterocycles. The highest BCUT2D eigenvalue weighted by molar-refractivity contribution is 5.83. The molecule has 0 spiro atoms. The molecule has 0 aliphatic carbocycles. The summed E-state index contributed by atoms with van der Waals surface area (Å²) >= 11 is 0. The Balaban J connectivity index is 2.04. The quantitative estimate of drug-likeness (QED) is 0.714. The van der Waals surface area contributed by atoms with E-state index in [-0.39, 0.29) is 0 Å². The Kier molecular flexibility index (Phi) is 6.05. The predicted octanol–water partition coefficient (Wildman–Crippen LogP) is 2.41. The molecule has 0 unspecified atom stereocenters. The Bertz CT molecular complexity index is 522. The van der Waals surface area contributed by atoms with E-state index in [1.165, 1.54) is 16.5 Å². The van der Waals surface area contributed by atoms with Crippen molar-refractivity contribution >= 4 is 10.9 Å². The number of benzene rings is 1. The summed E-state index contributed by atoms with van der Waals surface area (Å²) in [7, 11) is 1.69. The normalized spacial score (nSPS) is 11.3. The van der Waals surface area contributed by atoms with Crippen LogP contribution in [-0.2, 0) is 22.6 Å². The van der Waals surface area contributed by atoms with Crippen LogP contribution in [0.3, 0.4) is 0 Å². The monoisotopic (exact) mass is 276 g/mol. The fraction of sp³-hybridized carbons (Fsp3) is 0.500. The van der Waals surface area contributed by atoms with E-state index in [0.717, 1.165) is 19.6 Å². The molecular weight excluding hydrogens is 252 g/mol. The molecular formula is C16H24N2O2. The summed E-state index contributed by atoms with van der Waals surface area (Å²) < 4.78 is 12.8. The van der Waals surface area contributed by atoms with Gasteiger partial charge in [0.1, 0.15) is 0 Å². The zero-order valence-corrected chi connectivity index (χ0v) is 12.4. The highest BCUT2D eigenvalue weighted by Crippen LogP contribution is 2.20. The van der Waals surface area contributed by atoms with Crippen LogP contribution >= 0.6 is 0 Å². The van der Waals surface area contributed by atoms with Gasteiger partial charge >= 0.3 is 0 Å². The molecule has 0 radical (unpaired) electrons. The lowest BCUT2D eigenvalue weighted by atomic mass is 10.1. The number of rotatable bonds is 9. The van der Waals surface area contributed by atoms with Gasteiger partial charge in [-0.1, -0.05) is 25.1 Å². The molecule has 0 aliphatic heterocycles. The molecule has 2 rings (SSSR count). The Hall–Kier alpha value is -1.36. The van der Waals surface area contributed by atoms with Gasteiger partial charge in [0.05, 0.1) is 25.3 Å². The summed E-state index contributed by atoms with van der Waals surface area (Å²) in [6, 6.07) is 8.63. The fourth-order valence-corrected chi connectivity index (χ4v) is 2.34. The van der Waals surface area contributed by atoms with E-state index in [4.69, 9.17) is 9.47 Å². The minimum absolute atomic E-state index is 0.651. The van der Waals surface area contributed by atoms with Crippen LogP contribution in [0.1, 0.15) is 12.5 Å². The van der Waals surface area contributed by atoms with E-state index in [1.54, 1.807) is 7.11 Å². The van der Waals surface area contributed by atoms with Crippen molar-refractivity contribution in [3.05, 3.63) is 36.0 Å². The average molecular weight is 276 g/mol. The number of hydrogen-bond acceptors (Lipinski definition) is 3. The Morgan fingerprint density at radius 3 is 2.85 bits per heavy atom. The van der Waals surface area contributed by atoms with Crippen LogP contribution in [0.5, 0.6) is 0 Å². The number of para-hydroxylation sites is 1. The van der Waals surface area contributed by atoms with Crippen LogP contribution in [0.15, 0.2) is 30.5 Å². The summed E-state index contributed by atoms with van der Waals surface area (Å²) in [4.78, 5) is 0. The number of nitrogens with zero attached hydrogens (tertiary/aromatic N) is 1. The Morgan fingerprint density at radius 2 is 2.05 bits per heavy atom. The first-order valence-electron chi connectivity index (χ1n) is 7.21. The Morgan fingerprint density at radius 1 is 1.15 bits per heavy atom. The first-order valence-corrected chi connectivity index (χ1v) is 7.21. The molecule has 0 saturated carbocycles. The second-order valence-electron chi connectivity index (χ2n) is 4.75. The number of fused-ring (bicyclic) bond motifs is 1. The first-order chi connectivity index (χ1) is 9.86. The van der Waals surface area contributed by atoms with Crippen LogP contribution in [0, 0.1) is 0 Å². The summed E-state index contributed by atoms with van der Waals surface area (Å²) in [5, 5.41) is 4.69. The summed E-state index contributed by atoms with van der Waals surface area (Å²) in [5.41, 5.74) is 2.65. The van der Waals surface area contributed by atoms with Gasteiger partial charge in [0, 0.05) is 26.4 Å². The van der Waals surface area contributed by atoms with Gasteiger partial charge in [0.25, 0.3) is 0 Å². The van der Waals surface area contributed by atoms with Crippen molar-refractivity contribution in [3.8, 4) is 0 Å². The molecule has 2 aromatic rings. The smallest absolute Gasteiger partial charge is 0.0701 e. The van der Waals surface area contributed by atoms with Gasteiger partial charge in [0.2, 0.25) is 0 Å². The second-order valence-corrected chi connectivity index (χ2v) is 4.75. The highest BCUT2D eigenvalue weighted by Gasteiger charge is 2.06. The molecule has 1 aromatic carbocycles. The second kappa shape index (κ2) is 8.04. The Labute approximate surface area is 120 Å². The van der Waals surface area contributed by atoms with E-state index in [9.17, 15) is 0 Å². The van der Waals surface area contributed by atoms with Gasteiger partial charge in [-0.25, -0.2) is 0 Å². The minimum atomic E-state index is 0.651. The number of hydrogen-bond donors (Lipinski definition) is 1. The molecule has 1 heterocycles. The van der Waals surface area contributed by atoms with E-state index < -0.39 is 0 Å². The zero-order chi connectivity index (χ0) is 14.2. The first kappa shape index (κ1) is 15.0. The maximum atomic E-state index is 5.56. The van der Waals surface area contributed by atoms with Crippen LogP contribution in [-0.4, -0.2) is 38.0 Å². The molecule has 4 heteroatoms. The largest absolute Gasteiger partial charge is 0.382 e. The third-order valence-corrected chi connectivity index (χ3v) is 3.35. The van der Waals surface area contributed by atoms with Gasteiger partial charge in [-0.05, 0) is 23.6 Å². The van der Waals surface area contributed by atoms with Gasteiger partial charge in [0.15, 0.2) is 0 Å². The van der Waals surface area contributed by atoms with E-state index in [1.807, 2.05) is 0 Å². The van der Waals surface area contributed by atoms with E-state index in [0.29, 0.717) is 19.8 Å². The molecule has 0 aliphatic rings. The van der Waals surface area contributed by atoms with Crippen molar-refractivity contribution in [3.63, 3.8) is 0 Å². The van der Waals surface area contributed by atoms with Crippen molar-refractivity contribution in [2.75, 3.05) is 33.5 Å². The lowest BCUT2D eigenvalue weighted by Gasteiger charge is -2.10. The minimum Gasteiger partial charge on any atom is -0.382 e. The van der Waals surface area contributed by atoms with Crippen molar-refractivity contribution < 1.29 is 9.47 Å². The van der Waals surface area contributed by atoms with Gasteiger partial charge in [-0.15, -0.1) is 0 Å². The van der Waals surface area contributed by atoms with Gasteiger partial charge in [-0.3, -0.25) is 0 Å². The summed E-state index contributed by atoms with van der Waals surface area (Å²) in [6.45, 7) is 6.90. The number of ether oxygens (including phenoxy) is 2. The zero-order valence-electron chi connectivity index (χ0n) is 12.4. The highest BCUT2D eigenvalue weighted by atomic mass is 16.5. The number of methoxy groups -OCH3 is 1. The molecule has 0 bridgehead atoms. The third-order valence-electron chi connectivity index (χ3n) is 3.35. The fourth-order valence-electron chi connectivity index (χ4n) is 2.34. The molecule has 1 N–H and O–H groups in total. The van der Waals surface area contributed by atoms with Crippen LogP contribution in [0.25, 0.3) is 10.9 Å². The lowest BCUT2D eigenvalue weighted by molar-refractivity contribution is 0.0670. The van der Waals surface area contributed by atoms with Gasteiger partial charge in [-0.2, -0.15) is 0 Å². The molecule has 20 heavy (non-hydrogen) atoms. The lowest BCUT2D eigenvalue weighted by Crippen LogP contribution is -2.14. The maximum absolute atomic E-state index is 5.56. The van der Waals surface area contributed by atoms with Crippen LogP contribution < -0.4 is 5.32 Å². The summed E-state index contributed by atoms with van der Waals surface area (Å²) in [5.74, 6) is 0. The average Bonchev–Trinajstić information content (AvgIpc) is 2.89. The molecule has 110 valence electrons. The molecule has 0 atom stereocenters. The van der Waals surface area contributed by atoms with Gasteiger partial charge < -0.3 is 19.4 Å². The molecule has 4 nitrogen and oxygen atoms in total. The standard InChI is InChI=1S/C16H24N2O2/c1-3-17-13-15-6-4-5-14-7-8-18(16(14)15)9-10-20-12-11-19-2/h4-8,17H,3,9-13H2,1-2H3. The van der Waals surface area contributed by atoms with Crippen LogP contribution in [0.4, 0.5) is 0 Å². The summed E-state index contributed by atoms with van der Waals surface area (Å²) in [6.07, 6.45) is 2.14. The predicted molar refractivity (Wildman–Crippen MR) is 82.0 cm³/mol. The third kappa shape index (κ3) is 3.82. The molecule has 0 amide bonds. The topological polar surface area (TPSA) is 35.4 Å². The van der Waals surface area contributed by atoms with E-state index in [2.05, 4.69) is 47.3 Å². The van der Waals surface area contributed by atoms with Crippen molar-refractivity contribution in [1.29, 1.82) is 0 Å². The van der Waals surface area contributed by atoms with Crippen molar-refractivity contribution in [1.82, 2.24) is 9.88 Å². The maximum Gasteiger partial charge on any atom is 0.0701 e. The SMILES string of the molecule is CCNCc1cccc2ccn(CCOCCOC)c12. The number of aromatic nitrogens is 1. The number of nitrogens with one attached hydrogen (secondary N) is 1. The molecule has 0 fully saturated rings. The van der Waals surface area contributed by atoms with E-state index >= 15 is 0 Å². The molecule has 0 saturated heterocycles.